The van der Waals surface area contributed by atoms with E-state index in [1.165, 1.54) is 13.0 Å². The zero-order chi connectivity index (χ0) is 21.9. The minimum absolute atomic E-state index is 0.00431. The molecule has 1 aliphatic carbocycles. The third-order valence-electron chi connectivity index (χ3n) is 5.38. The van der Waals surface area contributed by atoms with Gasteiger partial charge in [-0.2, -0.15) is 0 Å². The number of amides is 1. The lowest BCUT2D eigenvalue weighted by Crippen LogP contribution is -2.53. The molecule has 0 saturated heterocycles. The maximum atomic E-state index is 12.7. The Morgan fingerprint density at radius 3 is 2.40 bits per heavy atom. The highest BCUT2D eigenvalue weighted by Gasteiger charge is 2.45. The number of halogens is 1. The summed E-state index contributed by atoms with van der Waals surface area (Å²) in [6, 6.07) is 13.1. The van der Waals surface area contributed by atoms with Crippen molar-refractivity contribution in [3.05, 3.63) is 59.1 Å². The number of terminal acetylenes is 1. The van der Waals surface area contributed by atoms with E-state index >= 15 is 0 Å². The van der Waals surface area contributed by atoms with E-state index < -0.39 is 17.4 Å². The second-order valence-electron chi connectivity index (χ2n) is 7.21. The predicted molar refractivity (Wildman–Crippen MR) is 114 cm³/mol. The quantitative estimate of drug-likeness (QED) is 0.679. The fourth-order valence-corrected chi connectivity index (χ4v) is 3.68. The number of hydrogen-bond acceptors (Lipinski definition) is 4. The van der Waals surface area contributed by atoms with Crippen LogP contribution in [0.3, 0.4) is 0 Å². The molecular weight excluding hydrogens is 406 g/mol. The van der Waals surface area contributed by atoms with Crippen molar-refractivity contribution >= 4 is 29.2 Å². The number of hydrogen-bond donors (Lipinski definition) is 1. The van der Waals surface area contributed by atoms with Crippen molar-refractivity contribution in [2.75, 3.05) is 12.0 Å². The van der Waals surface area contributed by atoms with Gasteiger partial charge in [-0.05, 0) is 36.6 Å². The molecule has 0 spiro atoms. The number of carbonyl (C=O) groups excluding carboxylic acids is 1. The summed E-state index contributed by atoms with van der Waals surface area (Å²) in [6.45, 7) is 1.43. The highest BCUT2D eigenvalue weighted by molar-refractivity contribution is 6.32. The fraction of sp³-hybridized carbons (Fsp3) is 0.304. The van der Waals surface area contributed by atoms with Crippen LogP contribution < -0.4 is 9.64 Å². The normalized spacial score (nSPS) is 19.7. The average Bonchev–Trinajstić information content (AvgIpc) is 2.71. The van der Waals surface area contributed by atoms with Crippen LogP contribution in [0.1, 0.15) is 25.3 Å². The first-order chi connectivity index (χ1) is 14.3. The Kier molecular flexibility index (Phi) is 6.35. The summed E-state index contributed by atoms with van der Waals surface area (Å²) in [6.07, 6.45) is 7.07. The lowest BCUT2D eigenvalue weighted by molar-refractivity contribution is -0.144. The molecule has 1 fully saturated rings. The predicted octanol–water partition coefficient (Wildman–Crippen LogP) is 3.86. The Morgan fingerprint density at radius 2 is 1.87 bits per heavy atom. The number of anilines is 1. The third-order valence-corrected chi connectivity index (χ3v) is 5.67. The van der Waals surface area contributed by atoms with E-state index in [0.29, 0.717) is 11.3 Å². The van der Waals surface area contributed by atoms with Crippen molar-refractivity contribution < 1.29 is 24.2 Å². The number of aliphatic carboxylic acids is 1. The molecule has 0 aromatic heterocycles. The Balaban J connectivity index is 1.98. The summed E-state index contributed by atoms with van der Waals surface area (Å²) in [5.74, 6) is 0.450. The number of benzene rings is 2. The Labute approximate surface area is 180 Å². The lowest BCUT2D eigenvalue weighted by atomic mass is 9.89. The van der Waals surface area contributed by atoms with Gasteiger partial charge in [0.1, 0.15) is 11.9 Å². The summed E-state index contributed by atoms with van der Waals surface area (Å²) in [7, 11) is 1.66. The van der Waals surface area contributed by atoms with Crippen molar-refractivity contribution in [3.8, 4) is 18.1 Å². The largest absolute Gasteiger partial charge is 0.489 e. The van der Waals surface area contributed by atoms with Gasteiger partial charge >= 0.3 is 11.9 Å². The molecule has 6 nitrogen and oxygen atoms in total. The molecule has 1 aliphatic rings. The summed E-state index contributed by atoms with van der Waals surface area (Å²) >= 11 is 6.40. The SMILES string of the molecule is C#CC(=O)N(c1ccc(OC2CC(OC)C2)c(Cl)c1)C(C)(C(=O)O)c1ccccc1. The molecule has 1 unspecified atom stereocenters. The number of carbonyl (C=O) groups is 2. The maximum absolute atomic E-state index is 12.7. The molecule has 1 atom stereocenters. The van der Waals surface area contributed by atoms with Crippen LogP contribution in [0.15, 0.2) is 48.5 Å². The monoisotopic (exact) mass is 427 g/mol. The van der Waals surface area contributed by atoms with Crippen molar-refractivity contribution in [1.82, 2.24) is 0 Å². The van der Waals surface area contributed by atoms with Crippen LogP contribution in [-0.4, -0.2) is 36.3 Å². The van der Waals surface area contributed by atoms with Crippen LogP contribution in [0.25, 0.3) is 0 Å². The van der Waals surface area contributed by atoms with Crippen LogP contribution in [0, 0.1) is 12.3 Å². The van der Waals surface area contributed by atoms with Gasteiger partial charge in [-0.1, -0.05) is 41.9 Å². The molecule has 1 N–H and O–H groups in total. The Morgan fingerprint density at radius 1 is 1.20 bits per heavy atom. The number of carboxylic acid groups (broad SMARTS) is 1. The van der Waals surface area contributed by atoms with Crippen molar-refractivity contribution in [2.24, 2.45) is 0 Å². The molecule has 3 rings (SSSR count). The van der Waals surface area contributed by atoms with Gasteiger partial charge < -0.3 is 14.6 Å². The van der Waals surface area contributed by atoms with E-state index in [-0.39, 0.29) is 22.9 Å². The molecular formula is C23H22ClNO5. The molecule has 0 heterocycles. The second-order valence-corrected chi connectivity index (χ2v) is 7.62. The van der Waals surface area contributed by atoms with Crippen molar-refractivity contribution in [1.29, 1.82) is 0 Å². The summed E-state index contributed by atoms with van der Waals surface area (Å²) in [5, 5.41) is 10.3. The molecule has 1 amide bonds. The molecule has 0 bridgehead atoms. The average molecular weight is 428 g/mol. The second kappa shape index (κ2) is 8.78. The van der Waals surface area contributed by atoms with Gasteiger partial charge in [0.15, 0.2) is 5.54 Å². The van der Waals surface area contributed by atoms with Crippen LogP contribution in [0.4, 0.5) is 5.69 Å². The molecule has 156 valence electrons. The zero-order valence-electron chi connectivity index (χ0n) is 16.7. The molecule has 2 aromatic rings. The van der Waals surface area contributed by atoms with Gasteiger partial charge in [-0.15, -0.1) is 6.42 Å². The fourth-order valence-electron chi connectivity index (χ4n) is 3.46. The third kappa shape index (κ3) is 4.00. The number of nitrogens with zero attached hydrogens (tertiary/aromatic N) is 1. The molecule has 2 aromatic carbocycles. The first-order valence-corrected chi connectivity index (χ1v) is 9.77. The Bertz CT molecular complexity index is 981. The molecule has 0 aliphatic heterocycles. The molecule has 0 radical (unpaired) electrons. The zero-order valence-corrected chi connectivity index (χ0v) is 17.4. The molecule has 1 saturated carbocycles. The standard InChI is InChI=1S/C23H22ClNO5/c1-4-21(26)25(23(2,22(27)28)15-8-6-5-7-9-15)16-10-11-20(19(24)12-16)30-18-13-17(14-18)29-3/h1,5-12,17-18H,13-14H2,2-3H3,(H,27,28). The van der Waals surface area contributed by atoms with Crippen LogP contribution in [0.2, 0.25) is 5.02 Å². The van der Waals surface area contributed by atoms with E-state index in [0.717, 1.165) is 17.7 Å². The summed E-state index contributed by atoms with van der Waals surface area (Å²) < 4.78 is 11.1. The first-order valence-electron chi connectivity index (χ1n) is 9.40. The topological polar surface area (TPSA) is 76.1 Å². The van der Waals surface area contributed by atoms with Gasteiger partial charge in [-0.3, -0.25) is 9.69 Å². The highest BCUT2D eigenvalue weighted by Crippen LogP contribution is 2.38. The van der Waals surface area contributed by atoms with Crippen LogP contribution >= 0.6 is 11.6 Å². The van der Waals surface area contributed by atoms with Gasteiger partial charge in [0.25, 0.3) is 0 Å². The molecule has 7 heteroatoms. The minimum Gasteiger partial charge on any atom is -0.489 e. The van der Waals surface area contributed by atoms with Gasteiger partial charge in [0.05, 0.1) is 11.1 Å². The van der Waals surface area contributed by atoms with Crippen LogP contribution in [0.5, 0.6) is 5.75 Å². The molecule has 30 heavy (non-hydrogen) atoms. The summed E-state index contributed by atoms with van der Waals surface area (Å²) in [4.78, 5) is 26.1. The number of carboxylic acids is 1. The number of ether oxygens (including phenoxy) is 2. The first kappa shape index (κ1) is 21.7. The van der Waals surface area contributed by atoms with E-state index in [4.69, 9.17) is 27.5 Å². The lowest BCUT2D eigenvalue weighted by Gasteiger charge is -2.37. The number of methoxy groups -OCH3 is 1. The van der Waals surface area contributed by atoms with Crippen molar-refractivity contribution in [2.45, 2.75) is 37.5 Å². The smallest absolute Gasteiger partial charge is 0.334 e. The van der Waals surface area contributed by atoms with E-state index in [1.807, 2.05) is 5.92 Å². The van der Waals surface area contributed by atoms with Gasteiger partial charge in [-0.25, -0.2) is 4.79 Å². The minimum atomic E-state index is -1.74. The van der Waals surface area contributed by atoms with E-state index in [9.17, 15) is 14.7 Å². The van der Waals surface area contributed by atoms with E-state index in [2.05, 4.69) is 0 Å². The van der Waals surface area contributed by atoms with Crippen LogP contribution in [-0.2, 0) is 19.9 Å². The summed E-state index contributed by atoms with van der Waals surface area (Å²) in [5.41, 5.74) is -1.08. The maximum Gasteiger partial charge on any atom is 0.334 e. The van der Waals surface area contributed by atoms with Gasteiger partial charge in [0, 0.05) is 25.6 Å². The highest BCUT2D eigenvalue weighted by atomic mass is 35.5. The Hall–Kier alpha value is -3.01. The van der Waals surface area contributed by atoms with E-state index in [1.54, 1.807) is 49.6 Å². The van der Waals surface area contributed by atoms with Gasteiger partial charge in [0.2, 0.25) is 0 Å². The number of rotatable bonds is 7. The van der Waals surface area contributed by atoms with Crippen molar-refractivity contribution in [3.63, 3.8) is 0 Å².